The number of nitrogens with zero attached hydrogens (tertiary/aromatic N) is 1. The Kier molecular flexibility index (Phi) is 2.54. The van der Waals surface area contributed by atoms with Gasteiger partial charge in [0.2, 0.25) is 5.76 Å². The first-order valence-corrected chi connectivity index (χ1v) is 5.55. The molecule has 2 aromatic rings. The van der Waals surface area contributed by atoms with Crippen molar-refractivity contribution in [2.45, 2.75) is 19.8 Å². The van der Waals surface area contributed by atoms with Crippen LogP contribution in [0.1, 0.15) is 31.1 Å². The van der Waals surface area contributed by atoms with Crippen LogP contribution in [0.5, 0.6) is 0 Å². The van der Waals surface area contributed by atoms with Crippen molar-refractivity contribution in [1.29, 1.82) is 5.26 Å². The monoisotopic (exact) mass is 263 g/mol. The van der Waals surface area contributed by atoms with Crippen LogP contribution in [0.4, 0.5) is 0 Å². The number of benzene rings is 1. The van der Waals surface area contributed by atoms with Crippen molar-refractivity contribution in [2.75, 3.05) is 0 Å². The Morgan fingerprint density at radius 1 is 1.40 bits per heavy atom. The van der Waals surface area contributed by atoms with Gasteiger partial charge in [0, 0.05) is 15.4 Å². The zero-order chi connectivity index (χ0) is 11.0. The minimum absolute atomic E-state index is 0.287. The summed E-state index contributed by atoms with van der Waals surface area (Å²) in [5, 5.41) is 10.0. The Hall–Kier alpha value is -1.27. The van der Waals surface area contributed by atoms with E-state index in [0.717, 1.165) is 21.0 Å². The summed E-state index contributed by atoms with van der Waals surface area (Å²) in [5.74, 6) is 0.716. The van der Waals surface area contributed by atoms with Crippen molar-refractivity contribution < 1.29 is 4.42 Å². The third-order valence-corrected chi connectivity index (χ3v) is 2.86. The summed E-state index contributed by atoms with van der Waals surface area (Å²) in [6.45, 7) is 4.12. The molecule has 1 heterocycles. The fourth-order valence-corrected chi connectivity index (χ4v) is 2.11. The molecular formula is C12H10BrNO. The second kappa shape index (κ2) is 3.71. The Bertz CT molecular complexity index is 548. The van der Waals surface area contributed by atoms with Gasteiger partial charge in [-0.05, 0) is 24.1 Å². The van der Waals surface area contributed by atoms with Gasteiger partial charge in [-0.15, -0.1) is 0 Å². The van der Waals surface area contributed by atoms with E-state index < -0.39 is 0 Å². The van der Waals surface area contributed by atoms with E-state index in [0.29, 0.717) is 5.76 Å². The number of hydrogen-bond acceptors (Lipinski definition) is 2. The van der Waals surface area contributed by atoms with Gasteiger partial charge in [-0.2, -0.15) is 5.26 Å². The lowest BCUT2D eigenvalue weighted by molar-refractivity contribution is 0.589. The molecule has 0 bridgehead atoms. The number of hydrogen-bond donors (Lipinski definition) is 0. The number of rotatable bonds is 1. The second-order valence-electron chi connectivity index (χ2n) is 3.75. The van der Waals surface area contributed by atoms with Gasteiger partial charge in [-0.25, -0.2) is 0 Å². The van der Waals surface area contributed by atoms with Crippen LogP contribution in [0.2, 0.25) is 0 Å². The third-order valence-electron chi connectivity index (χ3n) is 2.37. The van der Waals surface area contributed by atoms with Crippen LogP contribution in [0.3, 0.4) is 0 Å². The number of nitriles is 1. The van der Waals surface area contributed by atoms with Crippen LogP contribution in [0, 0.1) is 11.3 Å². The fourth-order valence-electron chi connectivity index (χ4n) is 1.75. The first-order valence-electron chi connectivity index (χ1n) is 4.75. The van der Waals surface area contributed by atoms with E-state index in [1.165, 1.54) is 0 Å². The van der Waals surface area contributed by atoms with Crippen molar-refractivity contribution in [2.24, 2.45) is 0 Å². The lowest BCUT2D eigenvalue weighted by atomic mass is 10.00. The molecule has 0 atom stereocenters. The van der Waals surface area contributed by atoms with Gasteiger partial charge in [-0.1, -0.05) is 29.8 Å². The smallest absolute Gasteiger partial charge is 0.208 e. The molecule has 2 rings (SSSR count). The molecule has 76 valence electrons. The van der Waals surface area contributed by atoms with Crippen molar-refractivity contribution in [3.63, 3.8) is 0 Å². The molecule has 1 aromatic carbocycles. The average Bonchev–Trinajstić information content (AvgIpc) is 2.55. The van der Waals surface area contributed by atoms with Gasteiger partial charge in [0.05, 0.1) is 0 Å². The molecule has 0 unspecified atom stereocenters. The van der Waals surface area contributed by atoms with Crippen molar-refractivity contribution in [1.82, 2.24) is 0 Å². The van der Waals surface area contributed by atoms with E-state index in [4.69, 9.17) is 9.68 Å². The quantitative estimate of drug-likeness (QED) is 0.774. The third kappa shape index (κ3) is 1.66. The molecule has 0 aliphatic rings. The van der Waals surface area contributed by atoms with Gasteiger partial charge >= 0.3 is 0 Å². The van der Waals surface area contributed by atoms with Gasteiger partial charge in [0.25, 0.3) is 0 Å². The highest BCUT2D eigenvalue weighted by Gasteiger charge is 2.16. The van der Waals surface area contributed by atoms with Crippen LogP contribution in [0.25, 0.3) is 11.0 Å². The molecule has 0 aliphatic heterocycles. The second-order valence-corrected chi connectivity index (χ2v) is 4.67. The molecule has 1 aromatic heterocycles. The predicted octanol–water partition coefficient (Wildman–Crippen LogP) is 4.19. The zero-order valence-electron chi connectivity index (χ0n) is 8.54. The lowest BCUT2D eigenvalue weighted by Gasteiger charge is -2.01. The van der Waals surface area contributed by atoms with E-state index in [1.54, 1.807) is 0 Å². The van der Waals surface area contributed by atoms with Crippen LogP contribution in [0.15, 0.2) is 27.1 Å². The summed E-state index contributed by atoms with van der Waals surface area (Å²) < 4.78 is 6.48. The summed E-state index contributed by atoms with van der Waals surface area (Å²) in [6.07, 6.45) is 0. The molecule has 0 fully saturated rings. The summed E-state index contributed by atoms with van der Waals surface area (Å²) in [5.41, 5.74) is 1.77. The largest absolute Gasteiger partial charge is 0.445 e. The van der Waals surface area contributed by atoms with Gasteiger partial charge in [-0.3, -0.25) is 0 Å². The predicted molar refractivity (Wildman–Crippen MR) is 62.7 cm³/mol. The molecule has 3 heteroatoms. The van der Waals surface area contributed by atoms with Gasteiger partial charge in [0.15, 0.2) is 0 Å². The minimum atomic E-state index is 0.287. The van der Waals surface area contributed by atoms with E-state index in [9.17, 15) is 0 Å². The molecule has 0 radical (unpaired) electrons. The Morgan fingerprint density at radius 3 is 2.73 bits per heavy atom. The zero-order valence-corrected chi connectivity index (χ0v) is 10.1. The summed E-state index contributed by atoms with van der Waals surface area (Å²) >= 11 is 3.42. The highest BCUT2D eigenvalue weighted by Crippen LogP contribution is 2.32. The summed E-state index contributed by atoms with van der Waals surface area (Å²) in [7, 11) is 0. The number of halogens is 1. The Balaban J connectivity index is 2.84. The van der Waals surface area contributed by atoms with E-state index in [2.05, 4.69) is 35.8 Å². The molecular weight excluding hydrogens is 254 g/mol. The molecule has 0 saturated carbocycles. The molecule has 0 N–H and O–H groups in total. The molecule has 2 nitrogen and oxygen atoms in total. The van der Waals surface area contributed by atoms with Crippen molar-refractivity contribution in [3.05, 3.63) is 34.0 Å². The Morgan fingerprint density at radius 2 is 2.13 bits per heavy atom. The fraction of sp³-hybridized carbons (Fsp3) is 0.250. The molecule has 15 heavy (non-hydrogen) atoms. The molecule has 0 saturated heterocycles. The van der Waals surface area contributed by atoms with Crippen LogP contribution >= 0.6 is 15.9 Å². The van der Waals surface area contributed by atoms with E-state index >= 15 is 0 Å². The van der Waals surface area contributed by atoms with Gasteiger partial charge < -0.3 is 4.42 Å². The lowest BCUT2D eigenvalue weighted by Crippen LogP contribution is -1.88. The van der Waals surface area contributed by atoms with Crippen LogP contribution in [-0.2, 0) is 0 Å². The van der Waals surface area contributed by atoms with Crippen molar-refractivity contribution >= 4 is 26.9 Å². The van der Waals surface area contributed by atoms with Crippen LogP contribution in [-0.4, -0.2) is 0 Å². The Labute approximate surface area is 96.6 Å². The van der Waals surface area contributed by atoms with E-state index in [1.807, 2.05) is 18.2 Å². The summed E-state index contributed by atoms with van der Waals surface area (Å²) in [6, 6.07) is 7.89. The van der Waals surface area contributed by atoms with Crippen molar-refractivity contribution in [3.8, 4) is 6.07 Å². The minimum Gasteiger partial charge on any atom is -0.445 e. The maximum absolute atomic E-state index is 8.98. The first kappa shape index (κ1) is 10.3. The maximum Gasteiger partial charge on any atom is 0.208 e. The highest BCUT2D eigenvalue weighted by molar-refractivity contribution is 9.10. The highest BCUT2D eigenvalue weighted by atomic mass is 79.9. The molecule has 0 spiro atoms. The molecule has 0 aliphatic carbocycles. The van der Waals surface area contributed by atoms with E-state index in [-0.39, 0.29) is 5.92 Å². The first-order chi connectivity index (χ1) is 7.13. The number of furan rings is 1. The number of fused-ring (bicyclic) bond motifs is 1. The topological polar surface area (TPSA) is 36.9 Å². The molecule has 0 amide bonds. The SMILES string of the molecule is CC(C)c1c(C#N)oc2ccc(Br)cc12. The standard InChI is InChI=1S/C12H10BrNO/c1-7(2)12-9-5-8(13)3-4-10(9)15-11(12)6-14/h3-5,7H,1-2H3. The average molecular weight is 264 g/mol. The normalized spacial score (nSPS) is 10.9. The summed E-state index contributed by atoms with van der Waals surface area (Å²) in [4.78, 5) is 0. The maximum atomic E-state index is 8.98. The van der Waals surface area contributed by atoms with Crippen LogP contribution < -0.4 is 0 Å². The van der Waals surface area contributed by atoms with Gasteiger partial charge in [0.1, 0.15) is 11.7 Å².